The van der Waals surface area contributed by atoms with Gasteiger partial charge in [0.2, 0.25) is 5.91 Å². The van der Waals surface area contributed by atoms with Crippen LogP contribution >= 0.6 is 0 Å². The van der Waals surface area contributed by atoms with Crippen LogP contribution in [-0.4, -0.2) is 84.3 Å². The van der Waals surface area contributed by atoms with E-state index in [-0.39, 0.29) is 17.9 Å². The zero-order valence-corrected chi connectivity index (χ0v) is 21.1. The zero-order chi connectivity index (χ0) is 24.4. The first kappa shape index (κ1) is 24.1. The van der Waals surface area contributed by atoms with Crippen molar-refractivity contribution in [2.75, 3.05) is 46.5 Å². The lowest BCUT2D eigenvalue weighted by molar-refractivity contribution is -0.133. The Bertz CT molecular complexity index is 1070. The molecule has 1 saturated carbocycles. The Kier molecular flexibility index (Phi) is 7.02. The summed E-state index contributed by atoms with van der Waals surface area (Å²) in [6.07, 6.45) is 6.78. The van der Waals surface area contributed by atoms with Crippen LogP contribution in [-0.2, 0) is 16.1 Å². The fourth-order valence-electron chi connectivity index (χ4n) is 5.84. The molecule has 0 spiro atoms. The number of nitrogens with one attached hydrogen (secondary N) is 1. The number of fused-ring (bicyclic) bond motifs is 3. The van der Waals surface area contributed by atoms with E-state index in [9.17, 15) is 9.59 Å². The van der Waals surface area contributed by atoms with Crippen molar-refractivity contribution in [3.05, 3.63) is 30.0 Å². The molecule has 3 aliphatic rings. The average molecular weight is 483 g/mol. The van der Waals surface area contributed by atoms with Crippen molar-refractivity contribution in [1.29, 1.82) is 0 Å². The number of carbonyl (C=O) groups is 2. The van der Waals surface area contributed by atoms with Crippen LogP contribution in [0.4, 0.5) is 0 Å². The molecule has 0 unspecified atom stereocenters. The van der Waals surface area contributed by atoms with Gasteiger partial charge < -0.3 is 24.3 Å². The van der Waals surface area contributed by atoms with Gasteiger partial charge in [0.05, 0.1) is 32.4 Å². The van der Waals surface area contributed by atoms with Gasteiger partial charge in [-0.2, -0.15) is 0 Å². The van der Waals surface area contributed by atoms with Crippen LogP contribution in [0.2, 0.25) is 0 Å². The molecule has 3 heterocycles. The largest absolute Gasteiger partial charge is 0.497 e. The number of benzene rings is 1. The second kappa shape index (κ2) is 10.2. The van der Waals surface area contributed by atoms with E-state index in [1.807, 2.05) is 40.7 Å². The van der Waals surface area contributed by atoms with E-state index in [0.29, 0.717) is 32.0 Å². The van der Waals surface area contributed by atoms with Gasteiger partial charge in [0.25, 0.3) is 5.91 Å². The molecule has 2 aromatic rings. The lowest BCUT2D eigenvalue weighted by Crippen LogP contribution is -2.65. The Morgan fingerprint density at radius 3 is 2.57 bits per heavy atom. The van der Waals surface area contributed by atoms with Gasteiger partial charge in [0, 0.05) is 43.7 Å². The lowest BCUT2D eigenvalue weighted by Gasteiger charge is -2.45. The second-order valence-electron chi connectivity index (χ2n) is 10.4. The van der Waals surface area contributed by atoms with Crippen molar-refractivity contribution in [1.82, 2.24) is 19.7 Å². The van der Waals surface area contributed by atoms with Crippen LogP contribution in [0, 0.1) is 0 Å². The van der Waals surface area contributed by atoms with Gasteiger partial charge in [-0.05, 0) is 38.0 Å². The van der Waals surface area contributed by atoms with E-state index in [4.69, 9.17) is 9.47 Å². The van der Waals surface area contributed by atoms with E-state index >= 15 is 0 Å². The fourth-order valence-corrected chi connectivity index (χ4v) is 5.84. The first-order chi connectivity index (χ1) is 17.0. The number of morpholine rings is 1. The molecule has 8 heteroatoms. The van der Waals surface area contributed by atoms with Gasteiger partial charge in [-0.15, -0.1) is 0 Å². The van der Waals surface area contributed by atoms with Crippen LogP contribution < -0.4 is 10.1 Å². The van der Waals surface area contributed by atoms with Crippen LogP contribution in [0.15, 0.2) is 24.3 Å². The Labute approximate surface area is 207 Å². The number of hydrogen-bond acceptors (Lipinski definition) is 5. The van der Waals surface area contributed by atoms with Crippen LogP contribution in [0.1, 0.15) is 55.9 Å². The average Bonchev–Trinajstić information content (AvgIpc) is 3.03. The first-order valence-corrected chi connectivity index (χ1v) is 13.1. The topological polar surface area (TPSA) is 76.0 Å². The lowest BCUT2D eigenvalue weighted by atomic mass is 9.93. The Balaban J connectivity index is 1.47. The van der Waals surface area contributed by atoms with Crippen LogP contribution in [0.25, 0.3) is 10.9 Å². The molecular formula is C27H38N4O4. The fraction of sp³-hybridized carbons (Fsp3) is 0.630. The maximum atomic E-state index is 13.9. The van der Waals surface area contributed by atoms with Crippen molar-refractivity contribution in [2.45, 2.75) is 63.6 Å². The van der Waals surface area contributed by atoms with Gasteiger partial charge in [-0.1, -0.05) is 25.7 Å². The van der Waals surface area contributed by atoms with Gasteiger partial charge >= 0.3 is 0 Å². The highest BCUT2D eigenvalue weighted by Crippen LogP contribution is 2.34. The van der Waals surface area contributed by atoms with Crippen molar-refractivity contribution < 1.29 is 19.1 Å². The van der Waals surface area contributed by atoms with Crippen LogP contribution in [0.3, 0.4) is 0 Å². The minimum Gasteiger partial charge on any atom is -0.497 e. The third kappa shape index (κ3) is 4.78. The minimum absolute atomic E-state index is 0.0462. The number of carbonyl (C=O) groups excluding carboxylic acids is 2. The number of nitrogens with zero attached hydrogens (tertiary/aromatic N) is 3. The number of ether oxygens (including phenoxy) is 2. The summed E-state index contributed by atoms with van der Waals surface area (Å²) in [6, 6.07) is 7.97. The van der Waals surface area contributed by atoms with Crippen molar-refractivity contribution in [2.24, 2.45) is 0 Å². The van der Waals surface area contributed by atoms with Gasteiger partial charge in [-0.25, -0.2) is 0 Å². The molecule has 5 rings (SSSR count). The highest BCUT2D eigenvalue weighted by molar-refractivity contribution is 6.03. The summed E-state index contributed by atoms with van der Waals surface area (Å²) in [6.45, 7) is 6.73. The predicted octanol–water partition coefficient (Wildman–Crippen LogP) is 3.04. The van der Waals surface area contributed by atoms with E-state index in [1.54, 1.807) is 7.11 Å². The summed E-state index contributed by atoms with van der Waals surface area (Å²) < 4.78 is 12.9. The summed E-state index contributed by atoms with van der Waals surface area (Å²) in [5.41, 5.74) is 0.585. The predicted molar refractivity (Wildman–Crippen MR) is 135 cm³/mol. The highest BCUT2D eigenvalue weighted by Gasteiger charge is 2.48. The molecule has 2 fully saturated rings. The monoisotopic (exact) mass is 482 g/mol. The molecule has 0 radical (unpaired) electrons. The summed E-state index contributed by atoms with van der Waals surface area (Å²) in [4.78, 5) is 32.0. The third-order valence-corrected chi connectivity index (χ3v) is 8.06. The number of aromatic nitrogens is 1. The van der Waals surface area contributed by atoms with Gasteiger partial charge in [-0.3, -0.25) is 14.5 Å². The third-order valence-electron chi connectivity index (χ3n) is 8.06. The first-order valence-electron chi connectivity index (χ1n) is 13.1. The summed E-state index contributed by atoms with van der Waals surface area (Å²) in [7, 11) is 1.64. The molecule has 8 nitrogen and oxygen atoms in total. The molecule has 1 aromatic heterocycles. The number of amides is 2. The molecular weight excluding hydrogens is 444 g/mol. The maximum absolute atomic E-state index is 13.9. The SMILES string of the molecule is COc1ccc2cc3n(c2c1)C[C@@](C)(C(=O)NC1CCCCCC1)N(CCN1CCOCC1)C3=O. The Morgan fingerprint density at radius 2 is 1.86 bits per heavy atom. The maximum Gasteiger partial charge on any atom is 0.271 e. The zero-order valence-electron chi connectivity index (χ0n) is 21.1. The summed E-state index contributed by atoms with van der Waals surface area (Å²) >= 11 is 0. The van der Waals surface area contributed by atoms with E-state index in [2.05, 4.69) is 10.2 Å². The minimum atomic E-state index is -0.975. The molecule has 2 aliphatic heterocycles. The van der Waals surface area contributed by atoms with Gasteiger partial charge in [0.1, 0.15) is 17.0 Å². The Morgan fingerprint density at radius 1 is 1.11 bits per heavy atom. The van der Waals surface area contributed by atoms with Crippen molar-refractivity contribution >= 4 is 22.7 Å². The Hall–Kier alpha value is -2.58. The molecule has 1 N–H and O–H groups in total. The molecule has 1 saturated heterocycles. The van der Waals surface area contributed by atoms with Gasteiger partial charge in [0.15, 0.2) is 0 Å². The van der Waals surface area contributed by atoms with Crippen molar-refractivity contribution in [3.8, 4) is 5.75 Å². The second-order valence-corrected chi connectivity index (χ2v) is 10.4. The number of hydrogen-bond donors (Lipinski definition) is 1. The van der Waals surface area contributed by atoms with Crippen LogP contribution in [0.5, 0.6) is 5.75 Å². The molecule has 1 atom stereocenters. The molecule has 1 aromatic carbocycles. The number of methoxy groups -OCH3 is 1. The molecule has 190 valence electrons. The normalized spacial score (nSPS) is 24.3. The molecule has 1 aliphatic carbocycles. The standard InChI is InChI=1S/C27H38N4O4/c1-27(26(33)28-21-7-5-3-4-6-8-21)19-30-23-18-22(34-2)10-9-20(23)17-24(30)25(32)31(27)12-11-29-13-15-35-16-14-29/h9-10,17-18,21H,3-8,11-16,19H2,1-2H3,(H,28,33)/t27-/m0/s1. The van der Waals surface area contributed by atoms with E-state index in [0.717, 1.165) is 62.0 Å². The molecule has 0 bridgehead atoms. The van der Waals surface area contributed by atoms with E-state index in [1.165, 1.54) is 12.8 Å². The van der Waals surface area contributed by atoms with E-state index < -0.39 is 5.54 Å². The smallest absolute Gasteiger partial charge is 0.271 e. The molecule has 35 heavy (non-hydrogen) atoms. The number of rotatable bonds is 6. The summed E-state index contributed by atoms with van der Waals surface area (Å²) in [5.74, 6) is 0.610. The molecule has 2 amide bonds. The summed E-state index contributed by atoms with van der Waals surface area (Å²) in [5, 5.41) is 4.33. The van der Waals surface area contributed by atoms with Crippen molar-refractivity contribution in [3.63, 3.8) is 0 Å². The quantitative estimate of drug-likeness (QED) is 0.641. The highest BCUT2D eigenvalue weighted by atomic mass is 16.5.